The molecule has 3 aromatic heterocycles. The van der Waals surface area contributed by atoms with Gasteiger partial charge in [0.25, 0.3) is 0 Å². The van der Waals surface area contributed by atoms with Crippen LogP contribution in [0.15, 0.2) is 24.7 Å². The molecule has 130 valence electrons. The number of nitrogens with zero attached hydrogens (tertiary/aromatic N) is 5. The van der Waals surface area contributed by atoms with E-state index in [4.69, 9.17) is 0 Å². The molecule has 1 amide bonds. The number of aromatic amines is 1. The minimum Gasteiger partial charge on any atom is -0.378 e. The van der Waals surface area contributed by atoms with Crippen LogP contribution in [-0.2, 0) is 17.9 Å². The molecule has 3 aromatic rings. The topological polar surface area (TPSA) is 91.7 Å². The Kier molecular flexibility index (Phi) is 4.09. The number of H-pyrrole nitrogens is 1. The summed E-state index contributed by atoms with van der Waals surface area (Å²) in [5, 5.41) is 15.9. The Morgan fingerprint density at radius 2 is 2.24 bits per heavy atom. The molecule has 4 rings (SSSR count). The van der Waals surface area contributed by atoms with Crippen molar-refractivity contribution in [2.75, 3.05) is 18.4 Å². The molecule has 0 radical (unpaired) electrons. The van der Waals surface area contributed by atoms with E-state index in [1.165, 1.54) is 0 Å². The zero-order valence-electron chi connectivity index (χ0n) is 14.2. The van der Waals surface area contributed by atoms with Crippen molar-refractivity contribution in [3.05, 3.63) is 35.9 Å². The van der Waals surface area contributed by atoms with Gasteiger partial charge in [-0.2, -0.15) is 10.2 Å². The molecule has 25 heavy (non-hydrogen) atoms. The van der Waals surface area contributed by atoms with Gasteiger partial charge < -0.3 is 10.2 Å². The maximum Gasteiger partial charge on any atom is 0.222 e. The Morgan fingerprint density at radius 1 is 1.32 bits per heavy atom. The molecule has 0 bridgehead atoms. The lowest BCUT2D eigenvalue weighted by Crippen LogP contribution is -2.28. The second kappa shape index (κ2) is 6.54. The molecular weight excluding hydrogens is 318 g/mol. The first-order valence-electron chi connectivity index (χ1n) is 8.53. The van der Waals surface area contributed by atoms with E-state index in [1.54, 1.807) is 6.20 Å². The third kappa shape index (κ3) is 3.33. The van der Waals surface area contributed by atoms with Crippen molar-refractivity contribution in [2.24, 2.45) is 0 Å². The van der Waals surface area contributed by atoms with Crippen molar-refractivity contribution in [3.8, 4) is 0 Å². The number of aryl methyl sites for hydroxylation is 1. The van der Waals surface area contributed by atoms with Crippen molar-refractivity contribution >= 4 is 22.6 Å². The van der Waals surface area contributed by atoms with Gasteiger partial charge in [0, 0.05) is 49.5 Å². The second-order valence-corrected chi connectivity index (χ2v) is 6.39. The number of carbonyl (C=O) groups excluding carboxylic acids is 1. The van der Waals surface area contributed by atoms with Crippen molar-refractivity contribution in [1.29, 1.82) is 0 Å². The van der Waals surface area contributed by atoms with Crippen molar-refractivity contribution < 1.29 is 4.79 Å². The molecule has 0 aromatic carbocycles. The maximum atomic E-state index is 11.6. The zero-order valence-corrected chi connectivity index (χ0v) is 14.2. The Morgan fingerprint density at radius 3 is 3.08 bits per heavy atom. The quantitative estimate of drug-likeness (QED) is 0.713. The first kappa shape index (κ1) is 15.6. The van der Waals surface area contributed by atoms with E-state index in [1.807, 2.05) is 28.9 Å². The summed E-state index contributed by atoms with van der Waals surface area (Å²) in [4.78, 5) is 17.9. The van der Waals surface area contributed by atoms with E-state index in [0.29, 0.717) is 13.0 Å². The number of nitrogens with one attached hydrogen (secondary N) is 2. The van der Waals surface area contributed by atoms with E-state index in [9.17, 15) is 4.79 Å². The summed E-state index contributed by atoms with van der Waals surface area (Å²) >= 11 is 0. The van der Waals surface area contributed by atoms with Crippen LogP contribution in [0.4, 0.5) is 5.69 Å². The van der Waals surface area contributed by atoms with Crippen molar-refractivity contribution in [1.82, 2.24) is 29.9 Å². The van der Waals surface area contributed by atoms with Gasteiger partial charge in [0.15, 0.2) is 5.65 Å². The molecular formula is C17H21N7O. The number of pyridine rings is 1. The fourth-order valence-electron chi connectivity index (χ4n) is 3.10. The number of rotatable bonds is 6. The van der Waals surface area contributed by atoms with E-state index in [0.717, 1.165) is 54.0 Å². The predicted molar refractivity (Wildman–Crippen MR) is 94.0 cm³/mol. The highest BCUT2D eigenvalue weighted by molar-refractivity contribution is 5.78. The van der Waals surface area contributed by atoms with Gasteiger partial charge in [-0.1, -0.05) is 0 Å². The normalized spacial score (nSPS) is 14.6. The van der Waals surface area contributed by atoms with Gasteiger partial charge in [0.2, 0.25) is 5.91 Å². The Hall–Kier alpha value is -2.90. The second-order valence-electron chi connectivity index (χ2n) is 6.39. The number of likely N-dealkylation sites (tertiary alicyclic amines) is 1. The first-order valence-corrected chi connectivity index (χ1v) is 8.53. The van der Waals surface area contributed by atoms with E-state index >= 15 is 0 Å². The van der Waals surface area contributed by atoms with E-state index in [-0.39, 0.29) is 5.91 Å². The molecule has 1 aliphatic rings. The van der Waals surface area contributed by atoms with Crippen LogP contribution in [0.1, 0.15) is 24.1 Å². The maximum absolute atomic E-state index is 11.6. The van der Waals surface area contributed by atoms with E-state index in [2.05, 4.69) is 31.7 Å². The summed E-state index contributed by atoms with van der Waals surface area (Å²) in [6.07, 6.45) is 7.26. The van der Waals surface area contributed by atoms with Crippen LogP contribution in [0.25, 0.3) is 11.0 Å². The standard InChI is InChI=1S/C17H21N7O/c1-12-15-7-13(9-19-17(15)22-21-12)8-18-14-10-20-24(11-14)6-5-23-4-2-3-16(23)25/h7,9-11,18H,2-6,8H2,1H3,(H,19,21,22). The van der Waals surface area contributed by atoms with Crippen LogP contribution in [-0.4, -0.2) is 48.9 Å². The number of amides is 1. The highest BCUT2D eigenvalue weighted by Crippen LogP contribution is 2.16. The number of carbonyl (C=O) groups is 1. The number of hydrogen-bond acceptors (Lipinski definition) is 5. The number of fused-ring (bicyclic) bond motifs is 1. The fourth-order valence-corrected chi connectivity index (χ4v) is 3.10. The molecule has 4 heterocycles. The molecule has 1 saturated heterocycles. The number of anilines is 1. The zero-order chi connectivity index (χ0) is 17.2. The molecule has 8 nitrogen and oxygen atoms in total. The first-order chi connectivity index (χ1) is 12.2. The van der Waals surface area contributed by atoms with E-state index < -0.39 is 0 Å². The fraction of sp³-hybridized carbons (Fsp3) is 0.412. The number of aromatic nitrogens is 5. The Balaban J connectivity index is 1.34. The summed E-state index contributed by atoms with van der Waals surface area (Å²) in [6.45, 7) is 4.97. The average molecular weight is 339 g/mol. The molecule has 0 saturated carbocycles. The van der Waals surface area contributed by atoms with Gasteiger partial charge in [0.1, 0.15) is 0 Å². The lowest BCUT2D eigenvalue weighted by atomic mass is 10.2. The third-order valence-corrected chi connectivity index (χ3v) is 4.56. The van der Waals surface area contributed by atoms with Gasteiger partial charge in [-0.05, 0) is 25.0 Å². The molecule has 8 heteroatoms. The molecule has 2 N–H and O–H groups in total. The molecule has 0 atom stereocenters. The molecule has 0 aliphatic carbocycles. The van der Waals surface area contributed by atoms with Crippen LogP contribution in [0.3, 0.4) is 0 Å². The summed E-state index contributed by atoms with van der Waals surface area (Å²) < 4.78 is 1.87. The summed E-state index contributed by atoms with van der Waals surface area (Å²) in [5.74, 6) is 0.253. The van der Waals surface area contributed by atoms with Gasteiger partial charge in [-0.15, -0.1) is 0 Å². The van der Waals surface area contributed by atoms with Gasteiger partial charge in [-0.3, -0.25) is 14.6 Å². The predicted octanol–water partition coefficient (Wildman–Crippen LogP) is 1.70. The monoisotopic (exact) mass is 339 g/mol. The van der Waals surface area contributed by atoms with Crippen LogP contribution >= 0.6 is 0 Å². The minimum atomic E-state index is 0.253. The number of hydrogen-bond donors (Lipinski definition) is 2. The minimum absolute atomic E-state index is 0.253. The molecule has 0 unspecified atom stereocenters. The Bertz CT molecular complexity index is 897. The highest BCUT2D eigenvalue weighted by atomic mass is 16.2. The largest absolute Gasteiger partial charge is 0.378 e. The lowest BCUT2D eigenvalue weighted by molar-refractivity contribution is -0.127. The summed E-state index contributed by atoms with van der Waals surface area (Å²) in [7, 11) is 0. The summed E-state index contributed by atoms with van der Waals surface area (Å²) in [6, 6.07) is 2.09. The van der Waals surface area contributed by atoms with Crippen molar-refractivity contribution in [3.63, 3.8) is 0 Å². The van der Waals surface area contributed by atoms with Crippen LogP contribution in [0.2, 0.25) is 0 Å². The van der Waals surface area contributed by atoms with Crippen LogP contribution < -0.4 is 5.32 Å². The molecule has 1 aliphatic heterocycles. The average Bonchev–Trinajstić information content (AvgIpc) is 3.33. The molecule has 0 spiro atoms. The molecule has 1 fully saturated rings. The van der Waals surface area contributed by atoms with Crippen molar-refractivity contribution in [2.45, 2.75) is 32.9 Å². The van der Waals surface area contributed by atoms with Gasteiger partial charge in [0.05, 0.1) is 18.4 Å². The smallest absolute Gasteiger partial charge is 0.222 e. The lowest BCUT2D eigenvalue weighted by Gasteiger charge is -2.14. The van der Waals surface area contributed by atoms with Crippen LogP contribution in [0, 0.1) is 6.92 Å². The SMILES string of the molecule is Cc1[nH]nc2ncc(CNc3cnn(CCN4CCCC4=O)c3)cc12. The van der Waals surface area contributed by atoms with Gasteiger partial charge in [-0.25, -0.2) is 4.98 Å². The highest BCUT2D eigenvalue weighted by Gasteiger charge is 2.19. The van der Waals surface area contributed by atoms with Gasteiger partial charge >= 0.3 is 0 Å². The summed E-state index contributed by atoms with van der Waals surface area (Å²) in [5.41, 5.74) is 3.81. The van der Waals surface area contributed by atoms with Crippen LogP contribution in [0.5, 0.6) is 0 Å². The Labute approximate surface area is 145 Å². The third-order valence-electron chi connectivity index (χ3n) is 4.56.